The first-order valence-electron chi connectivity index (χ1n) is 7.17. The van der Waals surface area contributed by atoms with E-state index in [0.29, 0.717) is 11.8 Å². The van der Waals surface area contributed by atoms with Crippen molar-refractivity contribution in [2.24, 2.45) is 11.8 Å². The monoisotopic (exact) mass is 244 g/mol. The van der Waals surface area contributed by atoms with Crippen LogP contribution < -0.4 is 0 Å². The molecule has 0 aliphatic rings. The van der Waals surface area contributed by atoms with Crippen LogP contribution in [-0.2, 0) is 9.47 Å². The van der Waals surface area contributed by atoms with Crippen molar-refractivity contribution in [2.75, 3.05) is 19.8 Å². The largest absolute Gasteiger partial charge is 0.382 e. The SMILES string of the molecule is CCOCCC(CC(C)C)(CC(C)C)OCC. The van der Waals surface area contributed by atoms with Gasteiger partial charge < -0.3 is 9.47 Å². The van der Waals surface area contributed by atoms with Gasteiger partial charge in [0.25, 0.3) is 0 Å². The molecule has 0 unspecified atom stereocenters. The first-order chi connectivity index (χ1) is 7.95. The van der Waals surface area contributed by atoms with Crippen LogP contribution in [-0.4, -0.2) is 25.4 Å². The maximum atomic E-state index is 6.12. The zero-order chi connectivity index (χ0) is 13.3. The Kier molecular flexibility index (Phi) is 8.89. The molecule has 0 amide bonds. The highest BCUT2D eigenvalue weighted by Gasteiger charge is 2.32. The fourth-order valence-electron chi connectivity index (χ4n) is 2.67. The van der Waals surface area contributed by atoms with Gasteiger partial charge >= 0.3 is 0 Å². The van der Waals surface area contributed by atoms with Crippen LogP contribution in [0.25, 0.3) is 0 Å². The fourth-order valence-corrected chi connectivity index (χ4v) is 2.67. The summed E-state index contributed by atoms with van der Waals surface area (Å²) in [7, 11) is 0. The smallest absolute Gasteiger partial charge is 0.0709 e. The van der Waals surface area contributed by atoms with Gasteiger partial charge in [-0.3, -0.25) is 0 Å². The van der Waals surface area contributed by atoms with Crippen molar-refractivity contribution in [1.82, 2.24) is 0 Å². The molecule has 2 heteroatoms. The second kappa shape index (κ2) is 8.93. The molecule has 0 saturated carbocycles. The Morgan fingerprint density at radius 1 is 0.882 bits per heavy atom. The van der Waals surface area contributed by atoms with Gasteiger partial charge in [-0.2, -0.15) is 0 Å². The summed E-state index contributed by atoms with van der Waals surface area (Å²) in [6, 6.07) is 0. The lowest BCUT2D eigenvalue weighted by Gasteiger charge is -2.36. The number of hydrogen-bond acceptors (Lipinski definition) is 2. The van der Waals surface area contributed by atoms with Crippen LogP contribution in [0.15, 0.2) is 0 Å². The Morgan fingerprint density at radius 3 is 1.76 bits per heavy atom. The minimum absolute atomic E-state index is 0.0201. The number of ether oxygens (including phenoxy) is 2. The molecule has 0 aromatic carbocycles. The van der Waals surface area contributed by atoms with Crippen LogP contribution in [0, 0.1) is 11.8 Å². The van der Waals surface area contributed by atoms with E-state index in [1.807, 2.05) is 6.92 Å². The molecule has 17 heavy (non-hydrogen) atoms. The summed E-state index contributed by atoms with van der Waals surface area (Å²) in [5.41, 5.74) is 0.0201. The highest BCUT2D eigenvalue weighted by atomic mass is 16.5. The van der Waals surface area contributed by atoms with Crippen molar-refractivity contribution < 1.29 is 9.47 Å². The van der Waals surface area contributed by atoms with Gasteiger partial charge in [0.2, 0.25) is 0 Å². The van der Waals surface area contributed by atoms with E-state index in [0.717, 1.165) is 39.1 Å². The lowest BCUT2D eigenvalue weighted by molar-refractivity contribution is -0.0849. The second-order valence-electron chi connectivity index (χ2n) is 5.76. The van der Waals surface area contributed by atoms with Crippen molar-refractivity contribution in [1.29, 1.82) is 0 Å². The molecule has 0 aliphatic heterocycles. The Labute approximate surface area is 108 Å². The van der Waals surface area contributed by atoms with Gasteiger partial charge in [-0.1, -0.05) is 27.7 Å². The van der Waals surface area contributed by atoms with Gasteiger partial charge in [0, 0.05) is 19.8 Å². The summed E-state index contributed by atoms with van der Waals surface area (Å²) in [5.74, 6) is 1.34. The molecule has 0 aromatic rings. The average molecular weight is 244 g/mol. The first kappa shape index (κ1) is 16.9. The fraction of sp³-hybridized carbons (Fsp3) is 1.00. The van der Waals surface area contributed by atoms with Crippen LogP contribution in [0.1, 0.15) is 60.8 Å². The Balaban J connectivity index is 4.55. The lowest BCUT2D eigenvalue weighted by atomic mass is 9.82. The zero-order valence-corrected chi connectivity index (χ0v) is 12.7. The topological polar surface area (TPSA) is 18.5 Å². The minimum Gasteiger partial charge on any atom is -0.382 e. The van der Waals surface area contributed by atoms with Crippen LogP contribution in [0.2, 0.25) is 0 Å². The van der Waals surface area contributed by atoms with E-state index in [4.69, 9.17) is 9.47 Å². The molecule has 2 nitrogen and oxygen atoms in total. The molecular weight excluding hydrogens is 212 g/mol. The maximum Gasteiger partial charge on any atom is 0.0709 e. The summed E-state index contributed by atoms with van der Waals surface area (Å²) in [5, 5.41) is 0. The second-order valence-corrected chi connectivity index (χ2v) is 5.76. The van der Waals surface area contributed by atoms with E-state index in [2.05, 4.69) is 34.6 Å². The van der Waals surface area contributed by atoms with E-state index >= 15 is 0 Å². The molecule has 0 aromatic heterocycles. The average Bonchev–Trinajstić information content (AvgIpc) is 2.16. The van der Waals surface area contributed by atoms with Crippen LogP contribution in [0.5, 0.6) is 0 Å². The summed E-state index contributed by atoms with van der Waals surface area (Å²) in [6.45, 7) is 15.6. The normalized spacial score (nSPS) is 12.7. The van der Waals surface area contributed by atoms with Crippen LogP contribution >= 0.6 is 0 Å². The van der Waals surface area contributed by atoms with Gasteiger partial charge in [0.05, 0.1) is 5.60 Å². The third kappa shape index (κ3) is 7.77. The predicted molar refractivity (Wildman–Crippen MR) is 74.4 cm³/mol. The molecule has 0 spiro atoms. The molecule has 0 atom stereocenters. The highest BCUT2D eigenvalue weighted by Crippen LogP contribution is 2.32. The first-order valence-corrected chi connectivity index (χ1v) is 7.17. The third-order valence-electron chi connectivity index (χ3n) is 2.92. The van der Waals surface area contributed by atoms with Crippen molar-refractivity contribution >= 4 is 0 Å². The summed E-state index contributed by atoms with van der Waals surface area (Å²) < 4.78 is 11.6. The standard InChI is InChI=1S/C15H32O2/c1-7-16-10-9-15(17-8-2,11-13(3)4)12-14(5)6/h13-14H,7-12H2,1-6H3. The summed E-state index contributed by atoms with van der Waals surface area (Å²) in [4.78, 5) is 0. The van der Waals surface area contributed by atoms with Gasteiger partial charge in [0.15, 0.2) is 0 Å². The minimum atomic E-state index is 0.0201. The van der Waals surface area contributed by atoms with E-state index in [-0.39, 0.29) is 5.60 Å². The molecule has 0 rings (SSSR count). The van der Waals surface area contributed by atoms with Crippen molar-refractivity contribution in [3.05, 3.63) is 0 Å². The van der Waals surface area contributed by atoms with Gasteiger partial charge in [-0.15, -0.1) is 0 Å². The highest BCUT2D eigenvalue weighted by molar-refractivity contribution is 4.83. The van der Waals surface area contributed by atoms with E-state index in [1.165, 1.54) is 0 Å². The Bertz CT molecular complexity index is 166. The van der Waals surface area contributed by atoms with Gasteiger partial charge in [-0.25, -0.2) is 0 Å². The van der Waals surface area contributed by atoms with E-state index < -0.39 is 0 Å². The molecule has 0 saturated heterocycles. The molecular formula is C15H32O2. The number of rotatable bonds is 10. The number of hydrogen-bond donors (Lipinski definition) is 0. The van der Waals surface area contributed by atoms with Crippen molar-refractivity contribution in [3.63, 3.8) is 0 Å². The van der Waals surface area contributed by atoms with Gasteiger partial charge in [-0.05, 0) is 44.9 Å². The lowest BCUT2D eigenvalue weighted by Crippen LogP contribution is -2.37. The summed E-state index contributed by atoms with van der Waals surface area (Å²) in [6.07, 6.45) is 3.28. The van der Waals surface area contributed by atoms with E-state index in [1.54, 1.807) is 0 Å². The maximum absolute atomic E-state index is 6.12. The molecule has 0 heterocycles. The van der Waals surface area contributed by atoms with Crippen LogP contribution in [0.3, 0.4) is 0 Å². The Hall–Kier alpha value is -0.0800. The third-order valence-corrected chi connectivity index (χ3v) is 2.92. The molecule has 0 bridgehead atoms. The molecule has 0 N–H and O–H groups in total. The van der Waals surface area contributed by atoms with E-state index in [9.17, 15) is 0 Å². The van der Waals surface area contributed by atoms with Crippen LogP contribution in [0.4, 0.5) is 0 Å². The van der Waals surface area contributed by atoms with Gasteiger partial charge in [0.1, 0.15) is 0 Å². The molecule has 0 fully saturated rings. The Morgan fingerprint density at radius 2 is 1.41 bits per heavy atom. The predicted octanol–water partition coefficient (Wildman–Crippen LogP) is 4.28. The zero-order valence-electron chi connectivity index (χ0n) is 12.7. The van der Waals surface area contributed by atoms with Crippen molar-refractivity contribution in [3.8, 4) is 0 Å². The molecule has 104 valence electrons. The van der Waals surface area contributed by atoms with Crippen molar-refractivity contribution in [2.45, 2.75) is 66.4 Å². The molecule has 0 aliphatic carbocycles. The molecule has 0 radical (unpaired) electrons. The quantitative estimate of drug-likeness (QED) is 0.534. The summed E-state index contributed by atoms with van der Waals surface area (Å²) >= 11 is 0.